The summed E-state index contributed by atoms with van der Waals surface area (Å²) in [7, 11) is 3.49. The Morgan fingerprint density at radius 3 is 2.58 bits per heavy atom. The summed E-state index contributed by atoms with van der Waals surface area (Å²) >= 11 is 0. The van der Waals surface area contributed by atoms with Crippen LogP contribution in [-0.2, 0) is 17.2 Å². The third-order valence-corrected chi connectivity index (χ3v) is 5.50. The Morgan fingerprint density at radius 1 is 1.31 bits per heavy atom. The highest BCUT2D eigenvalue weighted by atomic mass is 16.5. The first kappa shape index (κ1) is 16.7. The Bertz CT molecular complexity index is 863. The summed E-state index contributed by atoms with van der Waals surface area (Å²) in [6.07, 6.45) is 3.58. The zero-order chi connectivity index (χ0) is 18.3. The molecule has 1 amide bonds. The molecule has 2 fully saturated rings. The molecule has 2 heterocycles. The zero-order valence-electron chi connectivity index (χ0n) is 14.9. The minimum Gasteiger partial charge on any atom is -0.379 e. The summed E-state index contributed by atoms with van der Waals surface area (Å²) in [4.78, 5) is 14.7. The van der Waals surface area contributed by atoms with Gasteiger partial charge in [0, 0.05) is 39.0 Å². The SMILES string of the molecule is CO[C@@H]1CN(C(=O)c2ccc(C3(C#N)CC3)cc2)C[C@H]1c1cn(C)nn1. The molecule has 0 N–H and O–H groups in total. The number of aryl methyl sites for hydroxylation is 1. The molecule has 7 heteroatoms. The molecule has 2 atom stereocenters. The molecule has 4 rings (SSSR count). The van der Waals surface area contributed by atoms with E-state index in [9.17, 15) is 10.1 Å². The van der Waals surface area contributed by atoms with Crippen LogP contribution in [-0.4, -0.2) is 52.1 Å². The molecule has 1 aliphatic carbocycles. The van der Waals surface area contributed by atoms with Gasteiger partial charge in [0.05, 0.1) is 29.2 Å². The van der Waals surface area contributed by atoms with Gasteiger partial charge in [0.1, 0.15) is 0 Å². The number of nitriles is 1. The molecule has 0 unspecified atom stereocenters. The molecular weight excluding hydrogens is 330 g/mol. The monoisotopic (exact) mass is 351 g/mol. The summed E-state index contributed by atoms with van der Waals surface area (Å²) in [5.74, 6) is -0.00274. The summed E-state index contributed by atoms with van der Waals surface area (Å²) < 4.78 is 7.24. The molecule has 26 heavy (non-hydrogen) atoms. The van der Waals surface area contributed by atoms with Crippen LogP contribution >= 0.6 is 0 Å². The van der Waals surface area contributed by atoms with E-state index in [1.165, 1.54) is 0 Å². The van der Waals surface area contributed by atoms with Crippen LogP contribution in [0, 0.1) is 11.3 Å². The number of ether oxygens (including phenoxy) is 1. The van der Waals surface area contributed by atoms with E-state index in [1.54, 1.807) is 16.7 Å². The van der Waals surface area contributed by atoms with Crippen molar-refractivity contribution >= 4 is 5.91 Å². The van der Waals surface area contributed by atoms with Crippen molar-refractivity contribution in [3.8, 4) is 6.07 Å². The number of amides is 1. The van der Waals surface area contributed by atoms with Crippen LogP contribution < -0.4 is 0 Å². The number of rotatable bonds is 4. The van der Waals surface area contributed by atoms with Crippen molar-refractivity contribution in [2.24, 2.45) is 7.05 Å². The average Bonchev–Trinajstić information content (AvgIpc) is 3.16. The molecule has 0 bridgehead atoms. The van der Waals surface area contributed by atoms with E-state index in [4.69, 9.17) is 4.74 Å². The van der Waals surface area contributed by atoms with Crippen LogP contribution in [0.25, 0.3) is 0 Å². The first-order valence-electron chi connectivity index (χ1n) is 8.76. The van der Waals surface area contributed by atoms with Gasteiger partial charge in [-0.1, -0.05) is 17.3 Å². The maximum Gasteiger partial charge on any atom is 0.253 e. The highest BCUT2D eigenvalue weighted by Gasteiger charge is 2.45. The molecule has 1 aliphatic heterocycles. The van der Waals surface area contributed by atoms with Crippen LogP contribution in [0.15, 0.2) is 30.5 Å². The molecule has 1 aromatic heterocycles. The minimum atomic E-state index is -0.326. The van der Waals surface area contributed by atoms with Crippen molar-refractivity contribution in [2.75, 3.05) is 20.2 Å². The average molecular weight is 351 g/mol. The van der Waals surface area contributed by atoms with Gasteiger partial charge in [-0.2, -0.15) is 5.26 Å². The molecule has 1 saturated heterocycles. The molecule has 134 valence electrons. The Labute approximate surface area is 152 Å². The normalized spacial score (nSPS) is 23.7. The zero-order valence-corrected chi connectivity index (χ0v) is 14.9. The topological polar surface area (TPSA) is 84.0 Å². The van der Waals surface area contributed by atoms with Gasteiger partial charge in [-0.05, 0) is 30.5 Å². The second kappa shape index (κ2) is 6.22. The van der Waals surface area contributed by atoms with E-state index in [-0.39, 0.29) is 23.3 Å². The number of hydrogen-bond donors (Lipinski definition) is 0. The van der Waals surface area contributed by atoms with Gasteiger partial charge >= 0.3 is 0 Å². The van der Waals surface area contributed by atoms with Crippen LogP contribution in [0.3, 0.4) is 0 Å². The van der Waals surface area contributed by atoms with E-state index < -0.39 is 0 Å². The van der Waals surface area contributed by atoms with E-state index >= 15 is 0 Å². The second-order valence-corrected chi connectivity index (χ2v) is 7.18. The van der Waals surface area contributed by atoms with Crippen molar-refractivity contribution in [3.63, 3.8) is 0 Å². The van der Waals surface area contributed by atoms with Gasteiger partial charge in [-0.15, -0.1) is 5.10 Å². The molecule has 7 nitrogen and oxygen atoms in total. The molecule has 0 spiro atoms. The lowest BCUT2D eigenvalue weighted by Crippen LogP contribution is -2.29. The van der Waals surface area contributed by atoms with Crippen LogP contribution in [0.1, 0.15) is 40.4 Å². The molecular formula is C19H21N5O2. The highest BCUT2D eigenvalue weighted by molar-refractivity contribution is 5.94. The Hall–Kier alpha value is -2.72. The molecule has 1 aromatic carbocycles. The molecule has 2 aromatic rings. The van der Waals surface area contributed by atoms with Gasteiger partial charge in [0.2, 0.25) is 0 Å². The number of carbonyl (C=O) groups is 1. The maximum atomic E-state index is 12.9. The molecule has 2 aliphatic rings. The fourth-order valence-corrected chi connectivity index (χ4v) is 3.70. The first-order chi connectivity index (χ1) is 12.6. The van der Waals surface area contributed by atoms with E-state index in [0.717, 1.165) is 24.1 Å². The van der Waals surface area contributed by atoms with Crippen molar-refractivity contribution < 1.29 is 9.53 Å². The van der Waals surface area contributed by atoms with Crippen LogP contribution in [0.2, 0.25) is 0 Å². The van der Waals surface area contributed by atoms with Gasteiger partial charge < -0.3 is 9.64 Å². The van der Waals surface area contributed by atoms with Gasteiger partial charge in [0.25, 0.3) is 5.91 Å². The predicted molar refractivity (Wildman–Crippen MR) is 93.4 cm³/mol. The third-order valence-electron chi connectivity index (χ3n) is 5.50. The Morgan fingerprint density at radius 2 is 2.04 bits per heavy atom. The fraction of sp³-hybridized carbons (Fsp3) is 0.474. The summed E-state index contributed by atoms with van der Waals surface area (Å²) in [5.41, 5.74) is 2.16. The highest BCUT2D eigenvalue weighted by Crippen LogP contribution is 2.47. The van der Waals surface area contributed by atoms with Gasteiger partial charge in [-0.3, -0.25) is 9.48 Å². The quantitative estimate of drug-likeness (QED) is 0.836. The number of nitrogens with zero attached hydrogens (tertiary/aromatic N) is 5. The minimum absolute atomic E-state index is 0.0187. The molecule has 1 saturated carbocycles. The fourth-order valence-electron chi connectivity index (χ4n) is 3.70. The van der Waals surface area contributed by atoms with Crippen LogP contribution in [0.4, 0.5) is 0 Å². The number of likely N-dealkylation sites (tertiary alicyclic amines) is 1. The van der Waals surface area contributed by atoms with Gasteiger partial charge in [0.15, 0.2) is 0 Å². The van der Waals surface area contributed by atoms with Crippen molar-refractivity contribution in [1.29, 1.82) is 5.26 Å². The van der Waals surface area contributed by atoms with Gasteiger partial charge in [-0.25, -0.2) is 0 Å². The largest absolute Gasteiger partial charge is 0.379 e. The summed E-state index contributed by atoms with van der Waals surface area (Å²) in [6, 6.07) is 9.86. The second-order valence-electron chi connectivity index (χ2n) is 7.18. The van der Waals surface area contributed by atoms with Crippen molar-refractivity contribution in [3.05, 3.63) is 47.3 Å². The Kier molecular flexibility index (Phi) is 4.00. The maximum absolute atomic E-state index is 12.9. The van der Waals surface area contributed by atoms with E-state index in [1.807, 2.05) is 37.5 Å². The standard InChI is InChI=1S/C19H21N5O2/c1-23-10-16(21-22-23)15-9-24(11-17(15)26-2)18(25)13-3-5-14(6-4-13)19(12-20)7-8-19/h3-6,10,15,17H,7-9,11H2,1-2H3/t15-,17+/m0/s1. The first-order valence-corrected chi connectivity index (χ1v) is 8.76. The number of aromatic nitrogens is 3. The number of hydrogen-bond acceptors (Lipinski definition) is 5. The van der Waals surface area contributed by atoms with Crippen molar-refractivity contribution in [1.82, 2.24) is 19.9 Å². The summed E-state index contributed by atoms with van der Waals surface area (Å²) in [6.45, 7) is 1.08. The number of carbonyl (C=O) groups excluding carboxylic acids is 1. The smallest absolute Gasteiger partial charge is 0.253 e. The van der Waals surface area contributed by atoms with E-state index in [2.05, 4.69) is 16.4 Å². The number of methoxy groups -OCH3 is 1. The Balaban J connectivity index is 1.51. The lowest BCUT2D eigenvalue weighted by Gasteiger charge is -2.16. The third kappa shape index (κ3) is 2.76. The van der Waals surface area contributed by atoms with Crippen LogP contribution in [0.5, 0.6) is 0 Å². The lowest BCUT2D eigenvalue weighted by molar-refractivity contribution is 0.0714. The lowest BCUT2D eigenvalue weighted by atomic mass is 9.96. The number of benzene rings is 1. The van der Waals surface area contributed by atoms with E-state index in [0.29, 0.717) is 18.7 Å². The summed E-state index contributed by atoms with van der Waals surface area (Å²) in [5, 5.41) is 17.5. The predicted octanol–water partition coefficient (Wildman–Crippen LogP) is 1.62. The van der Waals surface area contributed by atoms with Crippen molar-refractivity contribution in [2.45, 2.75) is 30.3 Å². The molecule has 0 radical (unpaired) electrons.